The van der Waals surface area contributed by atoms with E-state index in [1.54, 1.807) is 11.8 Å². The molecule has 1 aliphatic rings. The topological polar surface area (TPSA) is 90.3 Å². The van der Waals surface area contributed by atoms with Gasteiger partial charge in [0.25, 0.3) is 0 Å². The molecule has 0 spiro atoms. The summed E-state index contributed by atoms with van der Waals surface area (Å²) in [5, 5.41) is 17.8. The van der Waals surface area contributed by atoms with Gasteiger partial charge in [0, 0.05) is 6.54 Å². The first kappa shape index (κ1) is 14.7. The van der Waals surface area contributed by atoms with Crippen molar-refractivity contribution < 1.29 is 24.5 Å². The number of hydrogen-bond donors (Lipinski definition) is 2. The number of hydrogen-bond acceptors (Lipinski definition) is 4. The van der Waals surface area contributed by atoms with Crippen molar-refractivity contribution in [2.24, 2.45) is 0 Å². The molecule has 1 fully saturated rings. The van der Waals surface area contributed by atoms with E-state index in [1.165, 1.54) is 4.90 Å². The average molecular weight is 260 g/mol. The van der Waals surface area contributed by atoms with Gasteiger partial charge in [0.15, 0.2) is 0 Å². The zero-order chi connectivity index (χ0) is 13.7. The summed E-state index contributed by atoms with van der Waals surface area (Å²) in [5.41, 5.74) is 0. The lowest BCUT2D eigenvalue weighted by Gasteiger charge is -2.39. The molecule has 2 unspecified atom stereocenters. The lowest BCUT2D eigenvalue weighted by atomic mass is 10.2. The van der Waals surface area contributed by atoms with Gasteiger partial charge in [0.2, 0.25) is 0 Å². The molecule has 7 heteroatoms. The van der Waals surface area contributed by atoms with Gasteiger partial charge in [-0.05, 0) is 13.8 Å². The Hall–Kier alpha value is -1.34. The summed E-state index contributed by atoms with van der Waals surface area (Å²) in [6.07, 6.45) is -0.395. The van der Waals surface area contributed by atoms with Crippen LogP contribution in [0.25, 0.3) is 0 Å². The number of aliphatic hydroxyl groups excluding tert-OH is 1. The number of aliphatic carboxylic acids is 1. The molecule has 1 aliphatic heterocycles. The van der Waals surface area contributed by atoms with E-state index in [0.717, 1.165) is 0 Å². The number of carbonyl (C=O) groups is 2. The second-order valence-electron chi connectivity index (χ2n) is 4.33. The molecule has 2 N–H and O–H groups in total. The van der Waals surface area contributed by atoms with Crippen LogP contribution in [-0.2, 0) is 9.53 Å². The van der Waals surface area contributed by atoms with Crippen LogP contribution in [0, 0.1) is 0 Å². The molecule has 0 aromatic heterocycles. The van der Waals surface area contributed by atoms with Crippen LogP contribution in [-0.4, -0.2) is 77.0 Å². The number of carbonyl (C=O) groups excluding carboxylic acids is 1. The van der Waals surface area contributed by atoms with Gasteiger partial charge in [-0.1, -0.05) is 0 Å². The van der Waals surface area contributed by atoms with E-state index in [2.05, 4.69) is 0 Å². The van der Waals surface area contributed by atoms with Crippen molar-refractivity contribution in [1.82, 2.24) is 9.80 Å². The number of rotatable bonds is 4. The number of morpholine rings is 1. The first-order valence-electron chi connectivity index (χ1n) is 5.99. The maximum Gasteiger partial charge on any atom is 0.323 e. The van der Waals surface area contributed by atoms with E-state index in [1.807, 2.05) is 6.92 Å². The molecule has 0 radical (unpaired) electrons. The van der Waals surface area contributed by atoms with Crippen molar-refractivity contribution in [1.29, 1.82) is 0 Å². The number of ether oxygens (including phenoxy) is 1. The minimum Gasteiger partial charge on any atom is -0.480 e. The SMILES string of the molecule is CCN(CC(=O)O)C(=O)N1CC(CO)OCC1C. The maximum absolute atomic E-state index is 12.2. The molecule has 2 atom stereocenters. The minimum absolute atomic E-state index is 0.122. The Morgan fingerprint density at radius 1 is 1.50 bits per heavy atom. The van der Waals surface area contributed by atoms with Gasteiger partial charge in [-0.15, -0.1) is 0 Å². The lowest BCUT2D eigenvalue weighted by Crippen LogP contribution is -2.56. The van der Waals surface area contributed by atoms with Crippen molar-refractivity contribution in [2.75, 3.05) is 32.8 Å². The number of aliphatic hydroxyl groups is 1. The number of amides is 2. The predicted molar refractivity (Wildman–Crippen MR) is 63.3 cm³/mol. The lowest BCUT2D eigenvalue weighted by molar-refractivity contribution is -0.138. The third-order valence-electron chi connectivity index (χ3n) is 2.93. The zero-order valence-corrected chi connectivity index (χ0v) is 10.7. The number of carboxylic acids is 1. The fourth-order valence-electron chi connectivity index (χ4n) is 1.85. The van der Waals surface area contributed by atoms with E-state index in [9.17, 15) is 9.59 Å². The third kappa shape index (κ3) is 3.58. The molecule has 0 aliphatic carbocycles. The Kier molecular flexibility index (Phi) is 5.36. The fourth-order valence-corrected chi connectivity index (χ4v) is 1.85. The summed E-state index contributed by atoms with van der Waals surface area (Å²) in [7, 11) is 0. The molecule has 7 nitrogen and oxygen atoms in total. The van der Waals surface area contributed by atoms with Gasteiger partial charge in [0.1, 0.15) is 6.54 Å². The molecular weight excluding hydrogens is 240 g/mol. The van der Waals surface area contributed by atoms with E-state index in [-0.39, 0.29) is 31.8 Å². The van der Waals surface area contributed by atoms with E-state index in [0.29, 0.717) is 13.2 Å². The van der Waals surface area contributed by atoms with E-state index >= 15 is 0 Å². The predicted octanol–water partition coefficient (Wildman–Crippen LogP) is -0.405. The number of carboxylic acid groups (broad SMARTS) is 1. The molecule has 104 valence electrons. The van der Waals surface area contributed by atoms with Gasteiger partial charge in [-0.3, -0.25) is 4.79 Å². The first-order chi connectivity index (χ1) is 8.49. The molecule has 18 heavy (non-hydrogen) atoms. The van der Waals surface area contributed by atoms with Crippen LogP contribution >= 0.6 is 0 Å². The number of urea groups is 1. The van der Waals surface area contributed by atoms with Crippen LogP contribution in [0.5, 0.6) is 0 Å². The van der Waals surface area contributed by atoms with Gasteiger partial charge in [-0.2, -0.15) is 0 Å². The molecule has 1 heterocycles. The monoisotopic (exact) mass is 260 g/mol. The third-order valence-corrected chi connectivity index (χ3v) is 2.93. The van der Waals surface area contributed by atoms with Crippen molar-refractivity contribution >= 4 is 12.0 Å². The average Bonchev–Trinajstić information content (AvgIpc) is 2.35. The number of nitrogens with zero attached hydrogens (tertiary/aromatic N) is 2. The maximum atomic E-state index is 12.2. The van der Waals surface area contributed by atoms with Crippen LogP contribution in [0.1, 0.15) is 13.8 Å². The second-order valence-corrected chi connectivity index (χ2v) is 4.33. The molecule has 1 rings (SSSR count). The molecule has 0 aromatic carbocycles. The highest BCUT2D eigenvalue weighted by Crippen LogP contribution is 2.14. The molecular formula is C11H20N2O5. The van der Waals surface area contributed by atoms with E-state index < -0.39 is 12.1 Å². The van der Waals surface area contributed by atoms with Crippen molar-refractivity contribution in [2.45, 2.75) is 26.0 Å². The molecule has 1 saturated heterocycles. The Labute approximate surface area is 106 Å². The molecule has 0 saturated carbocycles. The highest BCUT2D eigenvalue weighted by Gasteiger charge is 2.32. The summed E-state index contributed by atoms with van der Waals surface area (Å²) >= 11 is 0. The van der Waals surface area contributed by atoms with Crippen LogP contribution < -0.4 is 0 Å². The van der Waals surface area contributed by atoms with Gasteiger partial charge < -0.3 is 24.7 Å². The van der Waals surface area contributed by atoms with Crippen LogP contribution in [0.15, 0.2) is 0 Å². The highest BCUT2D eigenvalue weighted by atomic mass is 16.5. The first-order valence-corrected chi connectivity index (χ1v) is 5.99. The highest BCUT2D eigenvalue weighted by molar-refractivity contribution is 5.80. The smallest absolute Gasteiger partial charge is 0.323 e. The van der Waals surface area contributed by atoms with Crippen molar-refractivity contribution in [3.05, 3.63) is 0 Å². The molecule has 0 bridgehead atoms. The molecule has 2 amide bonds. The quantitative estimate of drug-likeness (QED) is 0.717. The van der Waals surface area contributed by atoms with Crippen LogP contribution in [0.4, 0.5) is 4.79 Å². The fraction of sp³-hybridized carbons (Fsp3) is 0.818. The summed E-state index contributed by atoms with van der Waals surface area (Å²) < 4.78 is 5.34. The minimum atomic E-state index is -1.04. The Morgan fingerprint density at radius 3 is 2.67 bits per heavy atom. The normalized spacial score (nSPS) is 23.8. The van der Waals surface area contributed by atoms with Crippen molar-refractivity contribution in [3.63, 3.8) is 0 Å². The summed E-state index contributed by atoms with van der Waals surface area (Å²) in [6.45, 7) is 4.06. The van der Waals surface area contributed by atoms with Gasteiger partial charge in [-0.25, -0.2) is 4.79 Å². The summed E-state index contributed by atoms with van der Waals surface area (Å²) in [5.74, 6) is -1.04. The van der Waals surface area contributed by atoms with Gasteiger partial charge >= 0.3 is 12.0 Å². The second kappa shape index (κ2) is 6.55. The Balaban J connectivity index is 2.69. The Bertz CT molecular complexity index is 310. The van der Waals surface area contributed by atoms with Gasteiger partial charge in [0.05, 0.1) is 31.9 Å². The Morgan fingerprint density at radius 2 is 2.17 bits per heavy atom. The zero-order valence-electron chi connectivity index (χ0n) is 10.7. The molecule has 0 aromatic rings. The van der Waals surface area contributed by atoms with Crippen molar-refractivity contribution in [3.8, 4) is 0 Å². The van der Waals surface area contributed by atoms with Crippen LogP contribution in [0.2, 0.25) is 0 Å². The van der Waals surface area contributed by atoms with E-state index in [4.69, 9.17) is 14.9 Å². The summed E-state index contributed by atoms with van der Waals surface area (Å²) in [4.78, 5) is 25.7. The van der Waals surface area contributed by atoms with Crippen LogP contribution in [0.3, 0.4) is 0 Å². The summed E-state index contributed by atoms with van der Waals surface area (Å²) in [6, 6.07) is -0.447. The standard InChI is InChI=1S/C11H20N2O5/c1-3-12(5-10(15)16)11(17)13-4-9(6-14)18-7-8(13)2/h8-9,14H,3-7H2,1-2H3,(H,15,16). The number of likely N-dealkylation sites (N-methyl/N-ethyl adjacent to an activating group) is 1. The largest absolute Gasteiger partial charge is 0.480 e.